The summed E-state index contributed by atoms with van der Waals surface area (Å²) in [6.07, 6.45) is 2.60. The van der Waals surface area contributed by atoms with Crippen LogP contribution in [0, 0.1) is 0 Å². The first-order chi connectivity index (χ1) is 7.10. The van der Waals surface area contributed by atoms with Crippen LogP contribution < -0.4 is 5.32 Å². The Morgan fingerprint density at radius 1 is 1.40 bits per heavy atom. The summed E-state index contributed by atoms with van der Waals surface area (Å²) in [4.78, 5) is 11.5. The Kier molecular flexibility index (Phi) is 7.34. The van der Waals surface area contributed by atoms with Crippen molar-refractivity contribution in [1.29, 1.82) is 0 Å². The predicted molar refractivity (Wildman–Crippen MR) is 59.8 cm³/mol. The molecule has 0 aliphatic carbocycles. The number of carbonyl (C=O) groups excluding carboxylic acids is 1. The van der Waals surface area contributed by atoms with Crippen LogP contribution >= 0.6 is 0 Å². The van der Waals surface area contributed by atoms with E-state index in [-0.39, 0.29) is 5.97 Å². The summed E-state index contributed by atoms with van der Waals surface area (Å²) in [6.45, 7) is 5.40. The smallest absolute Gasteiger partial charge is 0.325 e. The Morgan fingerprint density at radius 3 is 2.53 bits per heavy atom. The van der Waals surface area contributed by atoms with Gasteiger partial charge in [-0.2, -0.15) is 0 Å². The highest BCUT2D eigenvalue weighted by atomic mass is 16.5. The van der Waals surface area contributed by atoms with E-state index in [9.17, 15) is 4.79 Å². The number of ether oxygens (including phenoxy) is 2. The summed E-state index contributed by atoms with van der Waals surface area (Å²) in [5, 5.41) is 2.99. The van der Waals surface area contributed by atoms with Crippen LogP contribution in [0.1, 0.15) is 33.1 Å². The molecular weight excluding hydrogens is 194 g/mol. The van der Waals surface area contributed by atoms with Gasteiger partial charge in [0.05, 0.1) is 7.11 Å². The van der Waals surface area contributed by atoms with Crippen molar-refractivity contribution < 1.29 is 14.3 Å². The van der Waals surface area contributed by atoms with Crippen molar-refractivity contribution in [2.75, 3.05) is 27.4 Å². The summed E-state index contributed by atoms with van der Waals surface area (Å²) >= 11 is 0. The van der Waals surface area contributed by atoms with E-state index in [1.165, 1.54) is 7.11 Å². The van der Waals surface area contributed by atoms with Gasteiger partial charge in [0.1, 0.15) is 5.54 Å². The monoisotopic (exact) mass is 217 g/mol. The summed E-state index contributed by atoms with van der Waals surface area (Å²) in [5.41, 5.74) is -0.593. The van der Waals surface area contributed by atoms with Gasteiger partial charge in [-0.1, -0.05) is 6.92 Å². The van der Waals surface area contributed by atoms with Gasteiger partial charge in [-0.15, -0.1) is 0 Å². The summed E-state index contributed by atoms with van der Waals surface area (Å²) in [6, 6.07) is 0. The molecule has 0 rings (SSSR count). The van der Waals surface area contributed by atoms with E-state index in [4.69, 9.17) is 9.47 Å². The topological polar surface area (TPSA) is 47.6 Å². The predicted octanol–water partition coefficient (Wildman–Crippen LogP) is 1.34. The molecule has 0 saturated carbocycles. The lowest BCUT2D eigenvalue weighted by Gasteiger charge is -2.25. The van der Waals surface area contributed by atoms with Crippen LogP contribution in [0.4, 0.5) is 0 Å². The molecule has 0 aromatic carbocycles. The molecule has 0 heterocycles. The van der Waals surface area contributed by atoms with Gasteiger partial charge in [0, 0.05) is 13.2 Å². The van der Waals surface area contributed by atoms with Crippen LogP contribution in [-0.4, -0.2) is 38.9 Å². The summed E-state index contributed by atoms with van der Waals surface area (Å²) in [5.74, 6) is -0.222. The third kappa shape index (κ3) is 5.14. The number of hydrogen-bond acceptors (Lipinski definition) is 4. The summed E-state index contributed by atoms with van der Waals surface area (Å²) in [7, 11) is 3.18. The van der Waals surface area contributed by atoms with Crippen LogP contribution in [0.5, 0.6) is 0 Å². The molecule has 4 nitrogen and oxygen atoms in total. The molecule has 1 atom stereocenters. The number of methoxy groups -OCH3 is 1. The van der Waals surface area contributed by atoms with Gasteiger partial charge < -0.3 is 14.8 Å². The standard InChI is InChI=1S/C11H23NO3/c1-5-8-15-9-6-7-11(2,12-3)10(13)14-4/h12H,5-9H2,1-4H3. The molecule has 0 aliphatic rings. The first kappa shape index (κ1) is 14.4. The van der Waals surface area contributed by atoms with Crippen molar-refractivity contribution in [1.82, 2.24) is 5.32 Å². The van der Waals surface area contributed by atoms with Gasteiger partial charge in [0.15, 0.2) is 0 Å². The van der Waals surface area contributed by atoms with E-state index in [1.807, 2.05) is 6.92 Å². The molecular formula is C11H23NO3. The molecule has 0 radical (unpaired) electrons. The normalized spacial score (nSPS) is 14.7. The Labute approximate surface area is 92.3 Å². The van der Waals surface area contributed by atoms with Crippen LogP contribution in [-0.2, 0) is 14.3 Å². The molecule has 0 fully saturated rings. The zero-order chi connectivity index (χ0) is 11.7. The lowest BCUT2D eigenvalue weighted by Crippen LogP contribution is -2.48. The van der Waals surface area contributed by atoms with Crippen molar-refractivity contribution >= 4 is 5.97 Å². The molecule has 1 N–H and O–H groups in total. The number of carbonyl (C=O) groups is 1. The van der Waals surface area contributed by atoms with E-state index in [2.05, 4.69) is 12.2 Å². The second kappa shape index (κ2) is 7.65. The third-order valence-electron chi connectivity index (χ3n) is 2.50. The number of esters is 1. The molecule has 0 aromatic heterocycles. The minimum atomic E-state index is -0.593. The number of hydrogen-bond donors (Lipinski definition) is 1. The van der Waals surface area contributed by atoms with Gasteiger partial charge in [0.2, 0.25) is 0 Å². The SMILES string of the molecule is CCCOCCCC(C)(NC)C(=O)OC. The van der Waals surface area contributed by atoms with E-state index in [1.54, 1.807) is 7.05 Å². The molecule has 0 aliphatic heterocycles. The number of nitrogens with one attached hydrogen (secondary N) is 1. The highest BCUT2D eigenvalue weighted by molar-refractivity contribution is 5.80. The van der Waals surface area contributed by atoms with Crippen molar-refractivity contribution in [3.63, 3.8) is 0 Å². The van der Waals surface area contributed by atoms with Crippen molar-refractivity contribution in [3.8, 4) is 0 Å². The van der Waals surface area contributed by atoms with Crippen LogP contribution in [0.25, 0.3) is 0 Å². The van der Waals surface area contributed by atoms with Crippen molar-refractivity contribution in [3.05, 3.63) is 0 Å². The minimum absolute atomic E-state index is 0.222. The highest BCUT2D eigenvalue weighted by Gasteiger charge is 2.31. The summed E-state index contributed by atoms with van der Waals surface area (Å²) < 4.78 is 10.1. The minimum Gasteiger partial charge on any atom is -0.468 e. The molecule has 0 spiro atoms. The fourth-order valence-corrected chi connectivity index (χ4v) is 1.33. The molecule has 0 amide bonds. The lowest BCUT2D eigenvalue weighted by molar-refractivity contribution is -0.148. The van der Waals surface area contributed by atoms with Crippen LogP contribution in [0.15, 0.2) is 0 Å². The second-order valence-electron chi connectivity index (χ2n) is 3.79. The van der Waals surface area contributed by atoms with Gasteiger partial charge >= 0.3 is 5.97 Å². The van der Waals surface area contributed by atoms with Gasteiger partial charge in [-0.3, -0.25) is 4.79 Å². The first-order valence-corrected chi connectivity index (χ1v) is 5.45. The van der Waals surface area contributed by atoms with Gasteiger partial charge in [-0.25, -0.2) is 0 Å². The average molecular weight is 217 g/mol. The quantitative estimate of drug-likeness (QED) is 0.492. The molecule has 0 saturated heterocycles. The first-order valence-electron chi connectivity index (χ1n) is 5.45. The van der Waals surface area contributed by atoms with Crippen molar-refractivity contribution in [2.24, 2.45) is 0 Å². The number of likely N-dealkylation sites (N-methyl/N-ethyl adjacent to an activating group) is 1. The van der Waals surface area contributed by atoms with Crippen LogP contribution in [0.3, 0.4) is 0 Å². The highest BCUT2D eigenvalue weighted by Crippen LogP contribution is 2.13. The maximum atomic E-state index is 11.5. The molecule has 0 bridgehead atoms. The maximum absolute atomic E-state index is 11.5. The van der Waals surface area contributed by atoms with E-state index in [0.29, 0.717) is 6.61 Å². The van der Waals surface area contributed by atoms with Crippen molar-refractivity contribution in [2.45, 2.75) is 38.6 Å². The van der Waals surface area contributed by atoms with Gasteiger partial charge in [-0.05, 0) is 33.2 Å². The Morgan fingerprint density at radius 2 is 2.07 bits per heavy atom. The van der Waals surface area contributed by atoms with Gasteiger partial charge in [0.25, 0.3) is 0 Å². The Bertz CT molecular complexity index is 185. The van der Waals surface area contributed by atoms with E-state index in [0.717, 1.165) is 25.9 Å². The van der Waals surface area contributed by atoms with Crippen LogP contribution in [0.2, 0.25) is 0 Å². The Balaban J connectivity index is 3.83. The largest absolute Gasteiger partial charge is 0.468 e. The zero-order valence-electron chi connectivity index (χ0n) is 10.3. The fourth-order valence-electron chi connectivity index (χ4n) is 1.33. The fraction of sp³-hybridized carbons (Fsp3) is 0.909. The zero-order valence-corrected chi connectivity index (χ0v) is 10.3. The van der Waals surface area contributed by atoms with E-state index < -0.39 is 5.54 Å². The molecule has 1 unspecified atom stereocenters. The average Bonchev–Trinajstić information content (AvgIpc) is 2.27. The molecule has 90 valence electrons. The Hall–Kier alpha value is -0.610. The number of rotatable bonds is 8. The van der Waals surface area contributed by atoms with E-state index >= 15 is 0 Å². The molecule has 4 heteroatoms. The second-order valence-corrected chi connectivity index (χ2v) is 3.79. The molecule has 15 heavy (non-hydrogen) atoms. The third-order valence-corrected chi connectivity index (χ3v) is 2.50. The molecule has 0 aromatic rings. The lowest BCUT2D eigenvalue weighted by atomic mass is 9.96. The maximum Gasteiger partial charge on any atom is 0.325 e.